The van der Waals surface area contributed by atoms with Gasteiger partial charge >= 0.3 is 0 Å². The smallest absolute Gasteiger partial charge is 0.171 e. The highest BCUT2D eigenvalue weighted by atomic mass is 35.5. The van der Waals surface area contributed by atoms with Gasteiger partial charge in [0.1, 0.15) is 5.03 Å². The van der Waals surface area contributed by atoms with E-state index >= 15 is 0 Å². The zero-order valence-electron chi connectivity index (χ0n) is 11.1. The molecule has 0 bridgehead atoms. The number of benzene rings is 1. The van der Waals surface area contributed by atoms with Gasteiger partial charge in [0, 0.05) is 15.7 Å². The van der Waals surface area contributed by atoms with Crippen LogP contribution >= 0.6 is 34.7 Å². The van der Waals surface area contributed by atoms with Crippen molar-refractivity contribution in [3.05, 3.63) is 40.7 Å². The first kappa shape index (κ1) is 13.9. The van der Waals surface area contributed by atoms with Gasteiger partial charge < -0.3 is 0 Å². The number of hydrogen-bond acceptors (Lipinski definition) is 4. The van der Waals surface area contributed by atoms with E-state index in [1.54, 1.807) is 23.1 Å². The molecule has 0 saturated carbocycles. The second kappa shape index (κ2) is 5.72. The summed E-state index contributed by atoms with van der Waals surface area (Å²) in [6.45, 7) is 4.33. The fraction of sp³-hybridized carbons (Fsp3) is 0.200. The van der Waals surface area contributed by atoms with Crippen LogP contribution in [0.1, 0.15) is 13.8 Å². The van der Waals surface area contributed by atoms with Gasteiger partial charge in [-0.15, -0.1) is 23.1 Å². The molecule has 5 heteroatoms. The van der Waals surface area contributed by atoms with Crippen molar-refractivity contribution in [2.45, 2.75) is 24.1 Å². The molecule has 20 heavy (non-hydrogen) atoms. The molecule has 0 amide bonds. The molecule has 2 nitrogen and oxygen atoms in total. The van der Waals surface area contributed by atoms with Crippen molar-refractivity contribution in [3.8, 4) is 10.7 Å². The van der Waals surface area contributed by atoms with Gasteiger partial charge in [0.25, 0.3) is 0 Å². The van der Waals surface area contributed by atoms with Gasteiger partial charge in [0.05, 0.1) is 10.4 Å². The van der Waals surface area contributed by atoms with Crippen molar-refractivity contribution in [3.63, 3.8) is 0 Å². The number of rotatable bonds is 3. The highest BCUT2D eigenvalue weighted by Crippen LogP contribution is 2.32. The second-order valence-electron chi connectivity index (χ2n) is 4.66. The molecule has 0 spiro atoms. The van der Waals surface area contributed by atoms with Crippen molar-refractivity contribution in [2.24, 2.45) is 0 Å². The summed E-state index contributed by atoms with van der Waals surface area (Å²) in [5.74, 6) is 0.776. The highest BCUT2D eigenvalue weighted by molar-refractivity contribution is 8.00. The van der Waals surface area contributed by atoms with E-state index in [1.807, 2.05) is 35.7 Å². The average Bonchev–Trinajstić information content (AvgIpc) is 2.91. The Morgan fingerprint density at radius 2 is 2.05 bits per heavy atom. The zero-order valence-corrected chi connectivity index (χ0v) is 13.5. The molecule has 1 aromatic carbocycles. The molecule has 0 aliphatic carbocycles. The molecule has 0 aliphatic heterocycles. The predicted octanol–water partition coefficient (Wildman–Crippen LogP) is 5.51. The third-order valence-electron chi connectivity index (χ3n) is 2.71. The van der Waals surface area contributed by atoms with Crippen molar-refractivity contribution in [1.29, 1.82) is 0 Å². The third-order valence-corrected chi connectivity index (χ3v) is 4.82. The average molecular weight is 321 g/mol. The Morgan fingerprint density at radius 1 is 1.20 bits per heavy atom. The highest BCUT2D eigenvalue weighted by Gasteiger charge is 2.12. The quantitative estimate of drug-likeness (QED) is 0.470. The van der Waals surface area contributed by atoms with Crippen LogP contribution < -0.4 is 0 Å². The normalized spacial score (nSPS) is 11.4. The SMILES string of the molecule is CC(C)Sc1nc(-c2cccs2)nc2cc(Cl)ccc12. The molecule has 0 aliphatic rings. The number of halogens is 1. The van der Waals surface area contributed by atoms with E-state index in [9.17, 15) is 0 Å². The van der Waals surface area contributed by atoms with Crippen LogP contribution in [0.2, 0.25) is 5.02 Å². The molecular formula is C15H13ClN2S2. The van der Waals surface area contributed by atoms with Gasteiger partial charge in [-0.1, -0.05) is 31.5 Å². The summed E-state index contributed by atoms with van der Waals surface area (Å²) in [5, 5.41) is 5.29. The van der Waals surface area contributed by atoms with Crippen molar-refractivity contribution >= 4 is 45.6 Å². The minimum Gasteiger partial charge on any atom is -0.227 e. The first-order valence-electron chi connectivity index (χ1n) is 6.31. The maximum absolute atomic E-state index is 6.09. The van der Waals surface area contributed by atoms with Crippen LogP contribution in [0, 0.1) is 0 Å². The molecule has 3 rings (SSSR count). The Morgan fingerprint density at radius 3 is 2.75 bits per heavy atom. The number of aromatic nitrogens is 2. The maximum Gasteiger partial charge on any atom is 0.171 e. The molecule has 2 heterocycles. The number of thioether (sulfide) groups is 1. The largest absolute Gasteiger partial charge is 0.227 e. The number of nitrogens with zero attached hydrogens (tertiary/aromatic N) is 2. The van der Waals surface area contributed by atoms with Crippen LogP contribution in [-0.4, -0.2) is 15.2 Å². The number of fused-ring (bicyclic) bond motifs is 1. The molecule has 0 N–H and O–H groups in total. The Balaban J connectivity index is 2.23. The van der Waals surface area contributed by atoms with Crippen LogP contribution in [-0.2, 0) is 0 Å². The Kier molecular flexibility index (Phi) is 3.96. The van der Waals surface area contributed by atoms with Crippen LogP contribution in [0.5, 0.6) is 0 Å². The first-order chi connectivity index (χ1) is 9.63. The van der Waals surface area contributed by atoms with Crippen LogP contribution in [0.25, 0.3) is 21.6 Å². The predicted molar refractivity (Wildman–Crippen MR) is 88.9 cm³/mol. The van der Waals surface area contributed by atoms with Crippen molar-refractivity contribution in [1.82, 2.24) is 9.97 Å². The lowest BCUT2D eigenvalue weighted by molar-refractivity contribution is 1.07. The second-order valence-corrected chi connectivity index (χ2v) is 7.61. The Hall–Kier alpha value is -1.10. The van der Waals surface area contributed by atoms with Crippen molar-refractivity contribution < 1.29 is 0 Å². The standard InChI is InChI=1S/C15H13ClN2S2/c1-9(2)20-15-11-6-5-10(16)8-12(11)17-14(18-15)13-4-3-7-19-13/h3-9H,1-2H3. The van der Waals surface area contributed by atoms with E-state index in [2.05, 4.69) is 18.8 Å². The lowest BCUT2D eigenvalue weighted by Crippen LogP contribution is -1.95. The maximum atomic E-state index is 6.09. The Labute approximate surface area is 131 Å². The van der Waals surface area contributed by atoms with Gasteiger partial charge in [0.15, 0.2) is 5.82 Å². The monoisotopic (exact) mass is 320 g/mol. The van der Waals surface area contributed by atoms with E-state index in [4.69, 9.17) is 16.6 Å². The van der Waals surface area contributed by atoms with E-state index in [1.165, 1.54) is 0 Å². The van der Waals surface area contributed by atoms with E-state index in [0.717, 1.165) is 26.6 Å². The van der Waals surface area contributed by atoms with E-state index in [-0.39, 0.29) is 0 Å². The molecule has 0 fully saturated rings. The summed E-state index contributed by atoms with van der Waals surface area (Å²) in [5.41, 5.74) is 0.902. The molecule has 2 aromatic heterocycles. The summed E-state index contributed by atoms with van der Waals surface area (Å²) >= 11 is 9.49. The van der Waals surface area contributed by atoms with Crippen LogP contribution in [0.15, 0.2) is 40.7 Å². The zero-order chi connectivity index (χ0) is 14.1. The van der Waals surface area contributed by atoms with E-state index in [0.29, 0.717) is 10.3 Å². The summed E-state index contributed by atoms with van der Waals surface area (Å²) in [6, 6.07) is 9.85. The molecule has 3 aromatic rings. The molecular weight excluding hydrogens is 308 g/mol. The molecule has 0 atom stereocenters. The molecule has 102 valence electrons. The number of thiophene rings is 1. The Bertz CT molecular complexity index is 739. The van der Waals surface area contributed by atoms with Crippen molar-refractivity contribution in [2.75, 3.05) is 0 Å². The lowest BCUT2D eigenvalue weighted by atomic mass is 10.2. The van der Waals surface area contributed by atoms with Gasteiger partial charge in [-0.3, -0.25) is 0 Å². The van der Waals surface area contributed by atoms with Crippen LogP contribution in [0.3, 0.4) is 0 Å². The van der Waals surface area contributed by atoms with Crippen LogP contribution in [0.4, 0.5) is 0 Å². The summed E-state index contributed by atoms with van der Waals surface area (Å²) < 4.78 is 0. The van der Waals surface area contributed by atoms with Gasteiger partial charge in [-0.05, 0) is 29.6 Å². The van der Waals surface area contributed by atoms with E-state index < -0.39 is 0 Å². The summed E-state index contributed by atoms with van der Waals surface area (Å²) in [4.78, 5) is 10.5. The summed E-state index contributed by atoms with van der Waals surface area (Å²) in [6.07, 6.45) is 0. The minimum absolute atomic E-state index is 0.472. The number of hydrogen-bond donors (Lipinski definition) is 0. The minimum atomic E-state index is 0.472. The lowest BCUT2D eigenvalue weighted by Gasteiger charge is -2.09. The fourth-order valence-corrected chi connectivity index (χ4v) is 3.61. The summed E-state index contributed by atoms with van der Waals surface area (Å²) in [7, 11) is 0. The fourth-order valence-electron chi connectivity index (χ4n) is 1.90. The van der Waals surface area contributed by atoms with Gasteiger partial charge in [0.2, 0.25) is 0 Å². The molecule has 0 unspecified atom stereocenters. The third kappa shape index (κ3) is 2.82. The molecule has 0 saturated heterocycles. The molecule has 0 radical (unpaired) electrons. The van der Waals surface area contributed by atoms with Gasteiger partial charge in [-0.25, -0.2) is 9.97 Å². The topological polar surface area (TPSA) is 25.8 Å². The first-order valence-corrected chi connectivity index (χ1v) is 8.45. The van der Waals surface area contributed by atoms with Gasteiger partial charge in [-0.2, -0.15) is 0 Å².